The Morgan fingerprint density at radius 3 is 2.60 bits per heavy atom. The summed E-state index contributed by atoms with van der Waals surface area (Å²) in [4.78, 5) is 9.24. The van der Waals surface area contributed by atoms with Crippen LogP contribution in [0.4, 0.5) is 5.69 Å². The maximum absolute atomic E-state index is 6.34. The maximum Gasteiger partial charge on any atom is 0.227 e. The summed E-state index contributed by atoms with van der Waals surface area (Å²) in [6.45, 7) is 8.68. The Morgan fingerprint density at radius 1 is 1.16 bits per heavy atom. The number of aryl methyl sites for hydroxylation is 3. The molecular weight excluding hydrogens is 310 g/mol. The van der Waals surface area contributed by atoms with Crippen LogP contribution in [0.2, 0.25) is 0 Å². The molecule has 0 N–H and O–H groups in total. The van der Waals surface area contributed by atoms with Gasteiger partial charge in [0.1, 0.15) is 6.17 Å². The van der Waals surface area contributed by atoms with Crippen LogP contribution in [0, 0.1) is 6.92 Å². The van der Waals surface area contributed by atoms with Crippen molar-refractivity contribution >= 4 is 27.8 Å². The molecule has 130 valence electrons. The van der Waals surface area contributed by atoms with E-state index in [9.17, 15) is 0 Å². The molecule has 1 aliphatic heterocycles. The third-order valence-corrected chi connectivity index (χ3v) is 5.38. The summed E-state index contributed by atoms with van der Waals surface area (Å²) < 4.78 is 6.34. The highest BCUT2D eigenvalue weighted by atomic mass is 16.3. The molecular formula is C21H25N3O. The quantitative estimate of drug-likeness (QED) is 0.675. The first-order chi connectivity index (χ1) is 12.0. The van der Waals surface area contributed by atoms with E-state index in [1.807, 2.05) is 0 Å². The van der Waals surface area contributed by atoms with Crippen LogP contribution in [0.25, 0.3) is 22.1 Å². The molecule has 1 aliphatic rings. The molecule has 0 saturated carbocycles. The second kappa shape index (κ2) is 5.80. The van der Waals surface area contributed by atoms with Crippen LogP contribution in [0.5, 0.6) is 0 Å². The van der Waals surface area contributed by atoms with Gasteiger partial charge in [0.05, 0.1) is 11.1 Å². The Balaban J connectivity index is 2.05. The Labute approximate surface area is 148 Å². The third kappa shape index (κ3) is 2.31. The summed E-state index contributed by atoms with van der Waals surface area (Å²) >= 11 is 0. The largest absolute Gasteiger partial charge is 0.435 e. The molecule has 0 aliphatic carbocycles. The smallest absolute Gasteiger partial charge is 0.227 e. The molecule has 2 aromatic heterocycles. The van der Waals surface area contributed by atoms with E-state index in [1.54, 1.807) is 0 Å². The van der Waals surface area contributed by atoms with Crippen molar-refractivity contribution in [2.45, 2.75) is 46.7 Å². The van der Waals surface area contributed by atoms with Crippen molar-refractivity contribution in [2.24, 2.45) is 0 Å². The van der Waals surface area contributed by atoms with Crippen LogP contribution >= 0.6 is 0 Å². The van der Waals surface area contributed by atoms with Crippen molar-refractivity contribution in [2.75, 3.05) is 11.9 Å². The van der Waals surface area contributed by atoms with Crippen molar-refractivity contribution in [3.8, 4) is 0 Å². The molecule has 0 radical (unpaired) electrons. The second-order valence-electron chi connectivity index (χ2n) is 6.87. The summed E-state index contributed by atoms with van der Waals surface area (Å²) in [5, 5.41) is 2.33. The second-order valence-corrected chi connectivity index (χ2v) is 6.87. The number of pyridine rings is 1. The zero-order valence-corrected chi connectivity index (χ0v) is 15.6. The van der Waals surface area contributed by atoms with Crippen molar-refractivity contribution in [1.82, 2.24) is 9.88 Å². The van der Waals surface area contributed by atoms with Crippen LogP contribution in [0.3, 0.4) is 0 Å². The highest BCUT2D eigenvalue weighted by Gasteiger charge is 2.26. The molecule has 3 heterocycles. The van der Waals surface area contributed by atoms with Crippen LogP contribution < -0.4 is 4.90 Å². The fourth-order valence-electron chi connectivity index (χ4n) is 3.72. The van der Waals surface area contributed by atoms with Gasteiger partial charge < -0.3 is 14.2 Å². The molecule has 25 heavy (non-hydrogen) atoms. The number of anilines is 1. The van der Waals surface area contributed by atoms with Gasteiger partial charge in [-0.2, -0.15) is 0 Å². The lowest BCUT2D eigenvalue weighted by Gasteiger charge is -2.28. The van der Waals surface area contributed by atoms with Gasteiger partial charge in [-0.05, 0) is 49.9 Å². The van der Waals surface area contributed by atoms with E-state index in [1.165, 1.54) is 16.5 Å². The Morgan fingerprint density at radius 2 is 1.96 bits per heavy atom. The number of rotatable bonds is 3. The lowest BCUT2D eigenvalue weighted by molar-refractivity contribution is 0.383. The van der Waals surface area contributed by atoms with Gasteiger partial charge in [0.15, 0.2) is 5.58 Å². The number of hydrogen-bond acceptors (Lipinski definition) is 4. The average molecular weight is 335 g/mol. The van der Waals surface area contributed by atoms with E-state index in [0.29, 0.717) is 0 Å². The van der Waals surface area contributed by atoms with E-state index >= 15 is 0 Å². The van der Waals surface area contributed by atoms with E-state index in [0.717, 1.165) is 40.9 Å². The summed E-state index contributed by atoms with van der Waals surface area (Å²) in [7, 11) is 2.10. The number of nitrogens with zero attached hydrogens (tertiary/aromatic N) is 3. The van der Waals surface area contributed by atoms with E-state index < -0.39 is 0 Å². The number of benzene rings is 1. The molecule has 0 unspecified atom stereocenters. The third-order valence-electron chi connectivity index (χ3n) is 5.38. The monoisotopic (exact) mass is 335 g/mol. The van der Waals surface area contributed by atoms with Gasteiger partial charge in [0, 0.05) is 30.5 Å². The number of furan rings is 1. The molecule has 0 fully saturated rings. The van der Waals surface area contributed by atoms with Gasteiger partial charge in [0.25, 0.3) is 0 Å². The first-order valence-corrected chi connectivity index (χ1v) is 9.08. The van der Waals surface area contributed by atoms with Gasteiger partial charge in [0.2, 0.25) is 5.71 Å². The average Bonchev–Trinajstić information content (AvgIpc) is 3.15. The van der Waals surface area contributed by atoms with Gasteiger partial charge in [-0.25, -0.2) is 4.98 Å². The van der Waals surface area contributed by atoms with Crippen LogP contribution in [0.15, 0.2) is 35.0 Å². The molecule has 3 aromatic rings. The van der Waals surface area contributed by atoms with Gasteiger partial charge in [-0.15, -0.1) is 0 Å². The van der Waals surface area contributed by atoms with Crippen LogP contribution in [-0.2, 0) is 12.8 Å². The summed E-state index contributed by atoms with van der Waals surface area (Å²) in [5.41, 5.74) is 6.48. The molecule has 4 heteroatoms. The number of fused-ring (bicyclic) bond motifs is 3. The molecule has 0 spiro atoms. The zero-order valence-electron chi connectivity index (χ0n) is 15.6. The van der Waals surface area contributed by atoms with Gasteiger partial charge in [-0.1, -0.05) is 19.9 Å². The lowest BCUT2D eigenvalue weighted by atomic mass is 10.0. The number of aromatic nitrogens is 1. The minimum Gasteiger partial charge on any atom is -0.435 e. The van der Waals surface area contributed by atoms with Crippen molar-refractivity contribution < 1.29 is 4.42 Å². The topological polar surface area (TPSA) is 32.5 Å². The van der Waals surface area contributed by atoms with E-state index in [4.69, 9.17) is 9.40 Å². The normalized spacial score (nSPS) is 17.4. The number of hydrogen-bond donors (Lipinski definition) is 0. The van der Waals surface area contributed by atoms with E-state index in [-0.39, 0.29) is 6.17 Å². The predicted octanol–water partition coefficient (Wildman–Crippen LogP) is 4.98. The fraction of sp³-hybridized carbons (Fsp3) is 0.381. The Bertz CT molecular complexity index is 986. The standard InChI is InChI=1S/C21H25N3O/c1-6-15-12-16(7-2)22-21-18(15)17-9-8-13(3)19(20(17)25-21)24-11-10-23(5)14(24)4/h8-12,14H,6-7H2,1-5H3/t14-/m0/s1. The molecule has 0 saturated heterocycles. The molecule has 4 rings (SSSR count). The first-order valence-electron chi connectivity index (χ1n) is 9.08. The minimum absolute atomic E-state index is 0.266. The van der Waals surface area contributed by atoms with E-state index in [2.05, 4.69) is 75.1 Å². The minimum atomic E-state index is 0.266. The van der Waals surface area contributed by atoms with Crippen LogP contribution in [-0.4, -0.2) is 23.1 Å². The maximum atomic E-state index is 6.34. The van der Waals surface area contributed by atoms with Gasteiger partial charge >= 0.3 is 0 Å². The molecule has 1 atom stereocenters. The predicted molar refractivity (Wildman–Crippen MR) is 104 cm³/mol. The highest BCUT2D eigenvalue weighted by molar-refractivity contribution is 6.10. The first kappa shape index (κ1) is 16.0. The van der Waals surface area contributed by atoms with Crippen molar-refractivity contribution in [3.05, 3.63) is 47.4 Å². The SMILES string of the molecule is CCc1cc(CC)c2c(n1)oc1c(N3C=CN(C)[C@@H]3C)c(C)ccc12. The lowest BCUT2D eigenvalue weighted by Crippen LogP contribution is -2.33. The molecule has 1 aromatic carbocycles. The molecule has 0 bridgehead atoms. The summed E-state index contributed by atoms with van der Waals surface area (Å²) in [6, 6.07) is 6.60. The molecule has 4 nitrogen and oxygen atoms in total. The molecule has 0 amide bonds. The fourth-order valence-corrected chi connectivity index (χ4v) is 3.72. The van der Waals surface area contributed by atoms with Gasteiger partial charge in [-0.3, -0.25) is 0 Å². The zero-order chi connectivity index (χ0) is 17.7. The van der Waals surface area contributed by atoms with Crippen molar-refractivity contribution in [1.29, 1.82) is 0 Å². The summed E-state index contributed by atoms with van der Waals surface area (Å²) in [6.07, 6.45) is 6.40. The van der Waals surface area contributed by atoms with Crippen molar-refractivity contribution in [3.63, 3.8) is 0 Å². The Kier molecular flexibility index (Phi) is 3.71. The van der Waals surface area contributed by atoms with Crippen LogP contribution in [0.1, 0.15) is 37.6 Å². The Hall–Kier alpha value is -2.49. The summed E-state index contributed by atoms with van der Waals surface area (Å²) in [5.74, 6) is 0. The highest BCUT2D eigenvalue weighted by Crippen LogP contribution is 2.40.